The van der Waals surface area contributed by atoms with E-state index in [1.807, 2.05) is 17.3 Å². The highest BCUT2D eigenvalue weighted by Gasteiger charge is 2.34. The number of hydrogen-bond donors (Lipinski definition) is 0. The lowest BCUT2D eigenvalue weighted by Gasteiger charge is -2.39. The molecule has 1 aromatic rings. The molecule has 5 heteroatoms. The summed E-state index contributed by atoms with van der Waals surface area (Å²) in [4.78, 5) is 28.4. The number of thiophene rings is 1. The van der Waals surface area contributed by atoms with Crippen LogP contribution in [-0.4, -0.2) is 47.8 Å². The van der Waals surface area contributed by atoms with Crippen LogP contribution in [-0.2, 0) is 16.0 Å². The normalized spacial score (nSPS) is 19.1. The number of carbonyl (C=O) groups excluding carboxylic acids is 2. The Bertz CT molecular complexity index is 473. The third-order valence-electron chi connectivity index (χ3n) is 4.07. The summed E-state index contributed by atoms with van der Waals surface area (Å²) in [6.45, 7) is 3.42. The molecule has 0 radical (unpaired) electrons. The molecule has 1 atom stereocenters. The summed E-state index contributed by atoms with van der Waals surface area (Å²) in [7, 11) is 1.83. The highest BCUT2D eigenvalue weighted by Crippen LogP contribution is 2.18. The molecule has 0 spiro atoms. The highest BCUT2D eigenvalue weighted by molar-refractivity contribution is 7.07. The largest absolute Gasteiger partial charge is 0.342 e. The molecule has 1 aliphatic heterocycles. The molecule has 2 heterocycles. The van der Waals surface area contributed by atoms with Gasteiger partial charge in [0.15, 0.2) is 0 Å². The first-order valence-electron chi connectivity index (χ1n) is 7.69. The lowest BCUT2D eigenvalue weighted by Crippen LogP contribution is -2.57. The number of nitrogens with zero attached hydrogens (tertiary/aromatic N) is 2. The van der Waals surface area contributed by atoms with Crippen LogP contribution in [0.25, 0.3) is 0 Å². The van der Waals surface area contributed by atoms with Crippen molar-refractivity contribution in [3.63, 3.8) is 0 Å². The van der Waals surface area contributed by atoms with Crippen LogP contribution in [0.15, 0.2) is 16.8 Å². The van der Waals surface area contributed by atoms with E-state index in [0.717, 1.165) is 25.7 Å². The van der Waals surface area contributed by atoms with E-state index >= 15 is 0 Å². The van der Waals surface area contributed by atoms with E-state index in [-0.39, 0.29) is 17.9 Å². The molecule has 21 heavy (non-hydrogen) atoms. The zero-order valence-corrected chi connectivity index (χ0v) is 13.7. The minimum atomic E-state index is -0.251. The smallest absolute Gasteiger partial charge is 0.245 e. The third-order valence-corrected chi connectivity index (χ3v) is 4.80. The number of aryl methyl sites for hydroxylation is 1. The minimum Gasteiger partial charge on any atom is -0.342 e. The molecule has 1 unspecified atom stereocenters. The number of amides is 2. The zero-order valence-electron chi connectivity index (χ0n) is 12.9. The second-order valence-corrected chi connectivity index (χ2v) is 6.42. The topological polar surface area (TPSA) is 40.6 Å². The van der Waals surface area contributed by atoms with Crippen molar-refractivity contribution in [2.75, 3.05) is 20.1 Å². The summed E-state index contributed by atoms with van der Waals surface area (Å²) >= 11 is 1.65. The van der Waals surface area contributed by atoms with Crippen LogP contribution in [0.1, 0.15) is 38.2 Å². The van der Waals surface area contributed by atoms with Gasteiger partial charge in [-0.1, -0.05) is 19.8 Å². The number of rotatable bonds is 6. The van der Waals surface area contributed by atoms with Crippen molar-refractivity contribution in [1.82, 2.24) is 9.80 Å². The molecule has 1 fully saturated rings. The van der Waals surface area contributed by atoms with Crippen LogP contribution in [0.4, 0.5) is 0 Å². The Morgan fingerprint density at radius 2 is 2.24 bits per heavy atom. The molecular formula is C16H24N2O2S. The third kappa shape index (κ3) is 4.06. The van der Waals surface area contributed by atoms with E-state index in [4.69, 9.17) is 0 Å². The van der Waals surface area contributed by atoms with Gasteiger partial charge in [0.2, 0.25) is 11.8 Å². The maximum atomic E-state index is 12.5. The summed E-state index contributed by atoms with van der Waals surface area (Å²) in [6, 6.07) is 1.81. The Kier molecular flexibility index (Phi) is 5.79. The number of likely N-dealkylation sites (N-methyl/N-ethyl adjacent to an activating group) is 1. The van der Waals surface area contributed by atoms with Crippen molar-refractivity contribution < 1.29 is 9.59 Å². The first-order valence-corrected chi connectivity index (χ1v) is 8.63. The van der Waals surface area contributed by atoms with Crippen molar-refractivity contribution in [3.05, 3.63) is 22.4 Å². The van der Waals surface area contributed by atoms with E-state index in [2.05, 4.69) is 18.4 Å². The van der Waals surface area contributed by atoms with Crippen molar-refractivity contribution in [3.8, 4) is 0 Å². The maximum absolute atomic E-state index is 12.5. The summed E-state index contributed by atoms with van der Waals surface area (Å²) in [5, 5.41) is 4.11. The maximum Gasteiger partial charge on any atom is 0.245 e. The molecule has 1 saturated heterocycles. The highest BCUT2D eigenvalue weighted by atomic mass is 32.1. The molecule has 116 valence electrons. The molecule has 0 aromatic carbocycles. The van der Waals surface area contributed by atoms with Gasteiger partial charge in [-0.25, -0.2) is 0 Å². The summed E-state index contributed by atoms with van der Waals surface area (Å²) in [6.07, 6.45) is 4.08. The van der Waals surface area contributed by atoms with Gasteiger partial charge in [0, 0.05) is 26.6 Å². The van der Waals surface area contributed by atoms with Crippen LogP contribution >= 0.6 is 11.3 Å². The predicted molar refractivity (Wildman–Crippen MR) is 85.3 cm³/mol. The molecule has 4 nitrogen and oxygen atoms in total. The Hall–Kier alpha value is -1.36. The Balaban J connectivity index is 1.97. The van der Waals surface area contributed by atoms with Crippen LogP contribution in [0.2, 0.25) is 0 Å². The van der Waals surface area contributed by atoms with Gasteiger partial charge in [0.1, 0.15) is 6.04 Å². The summed E-state index contributed by atoms with van der Waals surface area (Å²) in [5.41, 5.74) is 1.21. The molecule has 0 bridgehead atoms. The quantitative estimate of drug-likeness (QED) is 0.810. The molecule has 1 aliphatic rings. The summed E-state index contributed by atoms with van der Waals surface area (Å²) in [5.74, 6) is 0.210. The first kappa shape index (κ1) is 16.0. The van der Waals surface area contributed by atoms with Gasteiger partial charge in [-0.2, -0.15) is 11.3 Å². The first-order chi connectivity index (χ1) is 10.1. The zero-order chi connectivity index (χ0) is 15.2. The van der Waals surface area contributed by atoms with Gasteiger partial charge in [0.25, 0.3) is 0 Å². The average molecular weight is 308 g/mol. The van der Waals surface area contributed by atoms with Crippen molar-refractivity contribution in [2.45, 2.75) is 45.1 Å². The van der Waals surface area contributed by atoms with E-state index in [1.165, 1.54) is 5.56 Å². The fourth-order valence-electron chi connectivity index (χ4n) is 2.72. The molecule has 1 aromatic heterocycles. The second kappa shape index (κ2) is 7.59. The van der Waals surface area contributed by atoms with Crippen LogP contribution in [0.3, 0.4) is 0 Å². The lowest BCUT2D eigenvalue weighted by atomic mass is 10.0. The second-order valence-electron chi connectivity index (χ2n) is 5.64. The van der Waals surface area contributed by atoms with Gasteiger partial charge < -0.3 is 9.80 Å². The van der Waals surface area contributed by atoms with Crippen LogP contribution in [0, 0.1) is 0 Å². The number of piperazine rings is 1. The molecular weight excluding hydrogens is 284 g/mol. The van der Waals surface area contributed by atoms with E-state index in [0.29, 0.717) is 19.5 Å². The van der Waals surface area contributed by atoms with Crippen molar-refractivity contribution >= 4 is 23.2 Å². The molecule has 0 N–H and O–H groups in total. The van der Waals surface area contributed by atoms with E-state index in [9.17, 15) is 9.59 Å². The Morgan fingerprint density at radius 3 is 2.90 bits per heavy atom. The lowest BCUT2D eigenvalue weighted by molar-refractivity contribution is -0.150. The standard InChI is InChI=1S/C16H24N2O2S/c1-3-4-5-14-16(20)17(2)9-10-18(14)15(19)7-6-13-8-11-21-12-13/h8,11-12,14H,3-7,9-10H2,1-2H3. The molecule has 2 rings (SSSR count). The van der Waals surface area contributed by atoms with Crippen molar-refractivity contribution in [1.29, 1.82) is 0 Å². The fraction of sp³-hybridized carbons (Fsp3) is 0.625. The minimum absolute atomic E-state index is 0.0959. The number of unbranched alkanes of at least 4 members (excludes halogenated alkanes) is 1. The number of hydrogen-bond acceptors (Lipinski definition) is 3. The van der Waals surface area contributed by atoms with Crippen molar-refractivity contribution in [2.24, 2.45) is 0 Å². The van der Waals surface area contributed by atoms with Gasteiger partial charge >= 0.3 is 0 Å². The van der Waals surface area contributed by atoms with Crippen LogP contribution < -0.4 is 0 Å². The van der Waals surface area contributed by atoms with Gasteiger partial charge in [-0.3, -0.25) is 9.59 Å². The SMILES string of the molecule is CCCCC1C(=O)N(C)CCN1C(=O)CCc1ccsc1. The molecule has 0 saturated carbocycles. The predicted octanol–water partition coefficient (Wildman–Crippen LogP) is 2.54. The van der Waals surface area contributed by atoms with Crippen LogP contribution in [0.5, 0.6) is 0 Å². The van der Waals surface area contributed by atoms with E-state index in [1.54, 1.807) is 16.2 Å². The Labute approximate surface area is 130 Å². The van der Waals surface area contributed by atoms with E-state index < -0.39 is 0 Å². The van der Waals surface area contributed by atoms with Gasteiger partial charge in [-0.15, -0.1) is 0 Å². The fourth-order valence-corrected chi connectivity index (χ4v) is 3.42. The molecule has 2 amide bonds. The summed E-state index contributed by atoms with van der Waals surface area (Å²) < 4.78 is 0. The molecule has 0 aliphatic carbocycles. The van der Waals surface area contributed by atoms with Gasteiger partial charge in [0.05, 0.1) is 0 Å². The Morgan fingerprint density at radius 1 is 1.43 bits per heavy atom. The number of carbonyl (C=O) groups is 2. The average Bonchev–Trinajstić information content (AvgIpc) is 2.99. The monoisotopic (exact) mass is 308 g/mol. The van der Waals surface area contributed by atoms with Gasteiger partial charge in [-0.05, 0) is 35.2 Å².